The van der Waals surface area contributed by atoms with Crippen LogP contribution in [0.1, 0.15) is 43.7 Å². The fourth-order valence-electron chi connectivity index (χ4n) is 2.19. The van der Waals surface area contributed by atoms with Crippen LogP contribution in [-0.4, -0.2) is 10.8 Å². The number of carbonyl (C=O) groups excluding carboxylic acids is 1. The van der Waals surface area contributed by atoms with Gasteiger partial charge in [0.1, 0.15) is 0 Å². The molecular formula is C14H17NO. The Morgan fingerprint density at radius 3 is 2.38 bits per heavy atom. The van der Waals surface area contributed by atoms with Crippen LogP contribution in [0.15, 0.2) is 24.3 Å². The number of ketones is 1. The highest BCUT2D eigenvalue weighted by molar-refractivity contribution is 6.01. The fraction of sp³-hybridized carbons (Fsp3) is 0.357. The van der Waals surface area contributed by atoms with Crippen LogP contribution in [0.2, 0.25) is 0 Å². The average molecular weight is 215 g/mol. The number of hydrogen-bond acceptors (Lipinski definition) is 1. The summed E-state index contributed by atoms with van der Waals surface area (Å²) in [6, 6.07) is 8.07. The number of benzene rings is 1. The standard InChI is InChI=1S/C14H17NO/c1-9(16)13-12(14(2,3)4)10-7-5-6-8-11(10)15-13/h5-8,15H,1-4H3. The molecule has 1 aromatic heterocycles. The molecule has 2 nitrogen and oxygen atoms in total. The number of para-hydroxylation sites is 1. The average Bonchev–Trinajstić information content (AvgIpc) is 2.55. The van der Waals surface area contributed by atoms with Crippen molar-refractivity contribution in [3.63, 3.8) is 0 Å². The smallest absolute Gasteiger partial charge is 0.176 e. The van der Waals surface area contributed by atoms with Gasteiger partial charge in [-0.1, -0.05) is 39.0 Å². The van der Waals surface area contributed by atoms with Crippen molar-refractivity contribution in [2.75, 3.05) is 0 Å². The van der Waals surface area contributed by atoms with E-state index in [1.807, 2.05) is 18.2 Å². The summed E-state index contributed by atoms with van der Waals surface area (Å²) in [6.07, 6.45) is 0. The number of hydrogen-bond donors (Lipinski definition) is 1. The van der Waals surface area contributed by atoms with E-state index in [9.17, 15) is 4.79 Å². The van der Waals surface area contributed by atoms with Gasteiger partial charge < -0.3 is 4.98 Å². The second-order valence-corrected chi connectivity index (χ2v) is 5.23. The highest BCUT2D eigenvalue weighted by Crippen LogP contribution is 2.33. The molecule has 0 spiro atoms. The molecular weight excluding hydrogens is 198 g/mol. The van der Waals surface area contributed by atoms with Gasteiger partial charge in [0.15, 0.2) is 5.78 Å². The first-order chi connectivity index (χ1) is 7.41. The zero-order valence-corrected chi connectivity index (χ0v) is 10.2. The lowest BCUT2D eigenvalue weighted by Gasteiger charge is -2.19. The molecule has 2 rings (SSSR count). The van der Waals surface area contributed by atoms with Crippen molar-refractivity contribution in [1.29, 1.82) is 0 Å². The summed E-state index contributed by atoms with van der Waals surface area (Å²) >= 11 is 0. The molecule has 0 unspecified atom stereocenters. The first-order valence-corrected chi connectivity index (χ1v) is 5.53. The molecule has 1 aromatic carbocycles. The Morgan fingerprint density at radius 2 is 1.81 bits per heavy atom. The van der Waals surface area contributed by atoms with Gasteiger partial charge in [-0.25, -0.2) is 0 Å². The molecule has 2 heteroatoms. The van der Waals surface area contributed by atoms with Gasteiger partial charge in [0.2, 0.25) is 0 Å². The minimum Gasteiger partial charge on any atom is -0.352 e. The van der Waals surface area contributed by atoms with E-state index in [1.54, 1.807) is 6.92 Å². The minimum absolute atomic E-state index is 0.0272. The lowest BCUT2D eigenvalue weighted by molar-refractivity contribution is 0.101. The summed E-state index contributed by atoms with van der Waals surface area (Å²) in [7, 11) is 0. The third kappa shape index (κ3) is 1.64. The third-order valence-corrected chi connectivity index (χ3v) is 2.81. The van der Waals surface area contributed by atoms with Crippen LogP contribution in [0.25, 0.3) is 10.9 Å². The van der Waals surface area contributed by atoms with E-state index < -0.39 is 0 Å². The summed E-state index contributed by atoms with van der Waals surface area (Å²) in [5.74, 6) is 0.0983. The highest BCUT2D eigenvalue weighted by atomic mass is 16.1. The first-order valence-electron chi connectivity index (χ1n) is 5.53. The molecule has 0 atom stereocenters. The molecule has 0 radical (unpaired) electrons. The second-order valence-electron chi connectivity index (χ2n) is 5.23. The largest absolute Gasteiger partial charge is 0.352 e. The third-order valence-electron chi connectivity index (χ3n) is 2.81. The lowest BCUT2D eigenvalue weighted by Crippen LogP contribution is -2.14. The van der Waals surface area contributed by atoms with Gasteiger partial charge in [0, 0.05) is 17.8 Å². The van der Waals surface area contributed by atoms with Crippen LogP contribution in [0.3, 0.4) is 0 Å². The van der Waals surface area contributed by atoms with Gasteiger partial charge in [-0.2, -0.15) is 0 Å². The van der Waals surface area contributed by atoms with Gasteiger partial charge in [-0.05, 0) is 17.0 Å². The number of aromatic nitrogens is 1. The van der Waals surface area contributed by atoms with E-state index in [4.69, 9.17) is 0 Å². The number of fused-ring (bicyclic) bond motifs is 1. The van der Waals surface area contributed by atoms with E-state index in [2.05, 4.69) is 31.8 Å². The van der Waals surface area contributed by atoms with Gasteiger partial charge in [0.05, 0.1) is 5.69 Å². The fourth-order valence-corrected chi connectivity index (χ4v) is 2.19. The molecule has 0 aliphatic heterocycles. The molecule has 0 saturated carbocycles. The second kappa shape index (κ2) is 3.48. The SMILES string of the molecule is CC(=O)c1[nH]c2ccccc2c1C(C)(C)C. The van der Waals surface area contributed by atoms with Crippen molar-refractivity contribution in [1.82, 2.24) is 4.98 Å². The zero-order valence-electron chi connectivity index (χ0n) is 10.2. The summed E-state index contributed by atoms with van der Waals surface area (Å²) < 4.78 is 0. The van der Waals surface area contributed by atoms with E-state index >= 15 is 0 Å². The number of rotatable bonds is 1. The summed E-state index contributed by atoms with van der Waals surface area (Å²) in [4.78, 5) is 14.9. The quantitative estimate of drug-likeness (QED) is 0.723. The van der Waals surface area contributed by atoms with Gasteiger partial charge in [-0.3, -0.25) is 4.79 Å². The highest BCUT2D eigenvalue weighted by Gasteiger charge is 2.24. The topological polar surface area (TPSA) is 32.9 Å². The molecule has 0 aliphatic carbocycles. The number of H-pyrrole nitrogens is 1. The molecule has 84 valence electrons. The molecule has 1 N–H and O–H groups in total. The maximum atomic E-state index is 11.7. The molecule has 16 heavy (non-hydrogen) atoms. The van der Waals surface area contributed by atoms with Crippen molar-refractivity contribution in [2.45, 2.75) is 33.1 Å². The van der Waals surface area contributed by atoms with E-state index in [0.717, 1.165) is 22.2 Å². The molecule has 0 aliphatic rings. The van der Waals surface area contributed by atoms with E-state index in [-0.39, 0.29) is 11.2 Å². The Bertz CT molecular complexity index is 543. The van der Waals surface area contributed by atoms with Gasteiger partial charge >= 0.3 is 0 Å². The molecule has 2 aromatic rings. The Kier molecular flexibility index (Phi) is 2.38. The van der Waals surface area contributed by atoms with Crippen molar-refractivity contribution in [3.8, 4) is 0 Å². The van der Waals surface area contributed by atoms with Crippen molar-refractivity contribution < 1.29 is 4.79 Å². The molecule has 0 bridgehead atoms. The first kappa shape index (κ1) is 10.9. The maximum absolute atomic E-state index is 11.7. The van der Waals surface area contributed by atoms with Crippen LogP contribution >= 0.6 is 0 Å². The minimum atomic E-state index is -0.0272. The number of aromatic amines is 1. The molecule has 1 heterocycles. The Morgan fingerprint density at radius 1 is 1.19 bits per heavy atom. The Labute approximate surface area is 95.7 Å². The summed E-state index contributed by atoms with van der Waals surface area (Å²) in [5.41, 5.74) is 2.88. The summed E-state index contributed by atoms with van der Waals surface area (Å²) in [6.45, 7) is 8.01. The van der Waals surface area contributed by atoms with Gasteiger partial charge in [-0.15, -0.1) is 0 Å². The number of Topliss-reactive ketones (excluding diaryl/α,β-unsaturated/α-hetero) is 1. The zero-order chi connectivity index (χ0) is 11.9. The normalized spacial score (nSPS) is 12.0. The van der Waals surface area contributed by atoms with Gasteiger partial charge in [0.25, 0.3) is 0 Å². The number of carbonyl (C=O) groups is 1. The van der Waals surface area contributed by atoms with E-state index in [1.165, 1.54) is 0 Å². The number of nitrogens with one attached hydrogen (secondary N) is 1. The Hall–Kier alpha value is -1.57. The predicted octanol–water partition coefficient (Wildman–Crippen LogP) is 3.67. The lowest BCUT2D eigenvalue weighted by atomic mass is 9.84. The van der Waals surface area contributed by atoms with Crippen molar-refractivity contribution in [3.05, 3.63) is 35.5 Å². The van der Waals surface area contributed by atoms with Crippen LogP contribution in [0.5, 0.6) is 0 Å². The predicted molar refractivity (Wildman–Crippen MR) is 67.0 cm³/mol. The van der Waals surface area contributed by atoms with Crippen LogP contribution < -0.4 is 0 Å². The van der Waals surface area contributed by atoms with Crippen LogP contribution in [0, 0.1) is 0 Å². The van der Waals surface area contributed by atoms with E-state index in [0.29, 0.717) is 0 Å². The molecule has 0 saturated heterocycles. The maximum Gasteiger partial charge on any atom is 0.176 e. The summed E-state index contributed by atoms with van der Waals surface area (Å²) in [5, 5.41) is 1.15. The molecule has 0 amide bonds. The monoisotopic (exact) mass is 215 g/mol. The van der Waals surface area contributed by atoms with Crippen LogP contribution in [0.4, 0.5) is 0 Å². The van der Waals surface area contributed by atoms with Crippen molar-refractivity contribution >= 4 is 16.7 Å². The Balaban J connectivity index is 2.85. The van der Waals surface area contributed by atoms with Crippen LogP contribution in [-0.2, 0) is 5.41 Å². The van der Waals surface area contributed by atoms with Crippen molar-refractivity contribution in [2.24, 2.45) is 0 Å². The molecule has 0 fully saturated rings.